The molecule has 0 spiro atoms. The number of hydrogen-bond acceptors (Lipinski definition) is 7. The molecule has 2 amide bonds. The summed E-state index contributed by atoms with van der Waals surface area (Å²) in [6.07, 6.45) is 3.47. The van der Waals surface area contributed by atoms with Gasteiger partial charge in [-0.05, 0) is 73.0 Å². The first-order chi connectivity index (χ1) is 19.6. The zero-order chi connectivity index (χ0) is 28.2. The Morgan fingerprint density at radius 1 is 0.875 bits per heavy atom. The average Bonchev–Trinajstić information content (AvgIpc) is 3.52. The molecule has 0 aliphatic carbocycles. The number of hydrogen-bond donors (Lipinski definition) is 2. The molecule has 1 aliphatic rings. The van der Waals surface area contributed by atoms with E-state index in [2.05, 4.69) is 10.6 Å². The summed E-state index contributed by atoms with van der Waals surface area (Å²) in [6.45, 7) is 1.74. The fourth-order valence-corrected chi connectivity index (χ4v) is 4.08. The topological polar surface area (TPSA) is 104 Å². The lowest BCUT2D eigenvalue weighted by Crippen LogP contribution is -2.38. The molecule has 4 rings (SSSR count). The summed E-state index contributed by atoms with van der Waals surface area (Å²) in [5.41, 5.74) is 1.24. The summed E-state index contributed by atoms with van der Waals surface area (Å²) >= 11 is 0. The Labute approximate surface area is 234 Å². The van der Waals surface area contributed by atoms with E-state index in [1.165, 1.54) is 0 Å². The van der Waals surface area contributed by atoms with Crippen molar-refractivity contribution in [3.05, 3.63) is 89.6 Å². The van der Waals surface area contributed by atoms with Gasteiger partial charge in [-0.3, -0.25) is 9.59 Å². The van der Waals surface area contributed by atoms with E-state index in [0.29, 0.717) is 54.9 Å². The minimum Gasteiger partial charge on any atom is -0.497 e. The Bertz CT molecular complexity index is 1280. The van der Waals surface area contributed by atoms with Gasteiger partial charge in [0.15, 0.2) is 11.5 Å². The Balaban J connectivity index is 1.38. The van der Waals surface area contributed by atoms with Crippen molar-refractivity contribution in [3.63, 3.8) is 0 Å². The molecule has 0 aromatic heterocycles. The lowest BCUT2D eigenvalue weighted by molar-refractivity contribution is -0.118. The van der Waals surface area contributed by atoms with Crippen LogP contribution >= 0.6 is 0 Å². The van der Waals surface area contributed by atoms with Crippen molar-refractivity contribution in [2.45, 2.75) is 18.9 Å². The molecule has 3 aromatic rings. The zero-order valence-corrected chi connectivity index (χ0v) is 22.7. The molecule has 9 nitrogen and oxygen atoms in total. The van der Waals surface area contributed by atoms with E-state index >= 15 is 0 Å². The van der Waals surface area contributed by atoms with E-state index in [1.807, 2.05) is 36.4 Å². The van der Waals surface area contributed by atoms with E-state index in [-0.39, 0.29) is 11.8 Å². The van der Waals surface area contributed by atoms with Crippen LogP contribution in [0.2, 0.25) is 0 Å². The van der Waals surface area contributed by atoms with Crippen LogP contribution in [-0.4, -0.2) is 58.5 Å². The summed E-state index contributed by atoms with van der Waals surface area (Å²) < 4.78 is 27.6. The normalized spacial score (nSPS) is 14.8. The number of carbonyl (C=O) groups is 2. The molecule has 1 saturated heterocycles. The second-order valence-corrected chi connectivity index (χ2v) is 9.00. The second kappa shape index (κ2) is 14.6. The molecule has 2 N–H and O–H groups in total. The quantitative estimate of drug-likeness (QED) is 0.244. The monoisotopic (exact) mass is 546 g/mol. The molecule has 0 saturated carbocycles. The van der Waals surface area contributed by atoms with Crippen LogP contribution in [0.25, 0.3) is 6.08 Å². The lowest BCUT2D eigenvalue weighted by Gasteiger charge is -2.14. The van der Waals surface area contributed by atoms with Crippen LogP contribution in [-0.2, 0) is 9.53 Å². The molecule has 1 heterocycles. The van der Waals surface area contributed by atoms with Gasteiger partial charge in [0.05, 0.1) is 20.3 Å². The average molecular weight is 547 g/mol. The number of para-hydroxylation sites is 2. The van der Waals surface area contributed by atoms with Crippen LogP contribution in [0.4, 0.5) is 0 Å². The van der Waals surface area contributed by atoms with Gasteiger partial charge in [-0.15, -0.1) is 0 Å². The van der Waals surface area contributed by atoms with Crippen LogP contribution in [0.3, 0.4) is 0 Å². The van der Waals surface area contributed by atoms with Gasteiger partial charge in [0.1, 0.15) is 30.4 Å². The number of nitrogens with one attached hydrogen (secondary N) is 2. The maximum Gasteiger partial charge on any atom is 0.267 e. The number of carbonyl (C=O) groups excluding carboxylic acids is 2. The molecule has 1 atom stereocenters. The first kappa shape index (κ1) is 28.5. The highest BCUT2D eigenvalue weighted by molar-refractivity contribution is 6.05. The fraction of sp³-hybridized carbons (Fsp3) is 0.290. The molecule has 1 unspecified atom stereocenters. The molecule has 1 fully saturated rings. The molecule has 40 heavy (non-hydrogen) atoms. The van der Waals surface area contributed by atoms with Gasteiger partial charge >= 0.3 is 0 Å². The van der Waals surface area contributed by atoms with Gasteiger partial charge < -0.3 is 34.3 Å². The Hall–Kier alpha value is -4.50. The molecule has 1 aliphatic heterocycles. The third kappa shape index (κ3) is 8.25. The molecule has 0 bridgehead atoms. The highest BCUT2D eigenvalue weighted by atomic mass is 16.5. The predicted octanol–water partition coefficient (Wildman–Crippen LogP) is 4.23. The lowest BCUT2D eigenvalue weighted by atomic mass is 10.1. The minimum absolute atomic E-state index is 0.0223. The number of methoxy groups -OCH3 is 2. The first-order valence-corrected chi connectivity index (χ1v) is 13.1. The Morgan fingerprint density at radius 3 is 2.25 bits per heavy atom. The van der Waals surface area contributed by atoms with Gasteiger partial charge in [-0.1, -0.05) is 24.3 Å². The molecular formula is C31H34N2O7. The number of ether oxygens (including phenoxy) is 5. The maximum absolute atomic E-state index is 13.1. The van der Waals surface area contributed by atoms with Crippen molar-refractivity contribution in [1.82, 2.24) is 10.6 Å². The molecule has 210 valence electrons. The van der Waals surface area contributed by atoms with Crippen molar-refractivity contribution in [1.29, 1.82) is 0 Å². The molecule has 0 radical (unpaired) electrons. The smallest absolute Gasteiger partial charge is 0.267 e. The van der Waals surface area contributed by atoms with Gasteiger partial charge in [0.2, 0.25) is 0 Å². The summed E-state index contributed by atoms with van der Waals surface area (Å²) in [6, 6.07) is 21.3. The zero-order valence-electron chi connectivity index (χ0n) is 22.7. The number of rotatable bonds is 13. The number of amides is 2. The van der Waals surface area contributed by atoms with E-state index in [0.717, 1.165) is 18.4 Å². The van der Waals surface area contributed by atoms with Crippen molar-refractivity contribution in [3.8, 4) is 23.0 Å². The fourth-order valence-electron chi connectivity index (χ4n) is 4.08. The van der Waals surface area contributed by atoms with E-state index in [4.69, 9.17) is 23.7 Å². The highest BCUT2D eigenvalue weighted by Gasteiger charge is 2.19. The van der Waals surface area contributed by atoms with Crippen LogP contribution in [0.5, 0.6) is 23.0 Å². The minimum atomic E-state index is -0.406. The van der Waals surface area contributed by atoms with Gasteiger partial charge in [0, 0.05) is 18.7 Å². The summed E-state index contributed by atoms with van der Waals surface area (Å²) in [4.78, 5) is 26.0. The number of benzene rings is 3. The van der Waals surface area contributed by atoms with Crippen LogP contribution in [0, 0.1) is 0 Å². The van der Waals surface area contributed by atoms with Crippen molar-refractivity contribution in [2.75, 3.05) is 40.6 Å². The third-order valence-corrected chi connectivity index (χ3v) is 6.23. The molecule has 3 aromatic carbocycles. The van der Waals surface area contributed by atoms with Crippen LogP contribution in [0.1, 0.15) is 28.8 Å². The van der Waals surface area contributed by atoms with Crippen LogP contribution in [0.15, 0.2) is 78.5 Å². The van der Waals surface area contributed by atoms with Gasteiger partial charge in [-0.25, -0.2) is 0 Å². The SMILES string of the molecule is COc1ccc(C(=O)NC(=Cc2ccc(OCCOc3ccccc3OC)cc2)C(=O)NCC2CCCO2)cc1. The highest BCUT2D eigenvalue weighted by Crippen LogP contribution is 2.25. The molecule has 9 heteroatoms. The van der Waals surface area contributed by atoms with E-state index in [1.54, 1.807) is 56.7 Å². The largest absolute Gasteiger partial charge is 0.497 e. The molecular weight excluding hydrogens is 512 g/mol. The van der Waals surface area contributed by atoms with Gasteiger partial charge in [0.25, 0.3) is 11.8 Å². The van der Waals surface area contributed by atoms with E-state index < -0.39 is 11.8 Å². The van der Waals surface area contributed by atoms with Crippen molar-refractivity contribution in [2.24, 2.45) is 0 Å². The summed E-state index contributed by atoms with van der Waals surface area (Å²) in [5, 5.41) is 5.62. The van der Waals surface area contributed by atoms with Crippen molar-refractivity contribution >= 4 is 17.9 Å². The summed E-state index contributed by atoms with van der Waals surface area (Å²) in [7, 11) is 3.15. The third-order valence-electron chi connectivity index (χ3n) is 6.23. The summed E-state index contributed by atoms with van der Waals surface area (Å²) in [5.74, 6) is 1.79. The maximum atomic E-state index is 13.1. The second-order valence-electron chi connectivity index (χ2n) is 9.00. The predicted molar refractivity (Wildman–Crippen MR) is 151 cm³/mol. The Morgan fingerprint density at radius 2 is 1.57 bits per heavy atom. The van der Waals surface area contributed by atoms with Crippen molar-refractivity contribution < 1.29 is 33.3 Å². The first-order valence-electron chi connectivity index (χ1n) is 13.1. The Kier molecular flexibility index (Phi) is 10.4. The van der Waals surface area contributed by atoms with Crippen LogP contribution < -0.4 is 29.6 Å². The van der Waals surface area contributed by atoms with E-state index in [9.17, 15) is 9.59 Å². The standard InChI is InChI=1S/C31H34N2O7/c1-36-24-15-11-23(12-16-24)30(34)33-27(31(35)32-21-26-6-5-17-38-26)20-22-9-13-25(14-10-22)39-18-19-40-29-8-4-3-7-28(29)37-2/h3-4,7-16,20,26H,5-6,17-19,21H2,1-2H3,(H,32,35)(H,33,34). The van der Waals surface area contributed by atoms with Gasteiger partial charge in [-0.2, -0.15) is 0 Å².